The number of nitrogens with zero attached hydrogens (tertiary/aromatic N) is 1. The SMILES string of the molecule is COc1ccc(C(=O)N(C)Cc2ccc([C@@H]3C[C@H]3C)o2)cc1S(=O)(=O)NC(C)C. The Balaban J connectivity index is 1.79. The van der Waals surface area contributed by atoms with Gasteiger partial charge in [-0.2, -0.15) is 0 Å². The van der Waals surface area contributed by atoms with Gasteiger partial charge >= 0.3 is 0 Å². The summed E-state index contributed by atoms with van der Waals surface area (Å²) in [7, 11) is -0.755. The van der Waals surface area contributed by atoms with E-state index in [1.165, 1.54) is 24.1 Å². The normalized spacial score (nSPS) is 18.7. The van der Waals surface area contributed by atoms with Gasteiger partial charge in [-0.3, -0.25) is 4.79 Å². The number of ether oxygens (including phenoxy) is 1. The van der Waals surface area contributed by atoms with Crippen molar-refractivity contribution >= 4 is 15.9 Å². The number of rotatable bonds is 8. The molecule has 3 rings (SSSR count). The van der Waals surface area contributed by atoms with E-state index < -0.39 is 10.0 Å². The Labute approximate surface area is 172 Å². The lowest BCUT2D eigenvalue weighted by molar-refractivity contribution is 0.0774. The number of furan rings is 1. The van der Waals surface area contributed by atoms with Gasteiger partial charge in [0.1, 0.15) is 22.2 Å². The highest BCUT2D eigenvalue weighted by molar-refractivity contribution is 7.89. The number of carbonyl (C=O) groups excluding carboxylic acids is 1. The summed E-state index contributed by atoms with van der Waals surface area (Å²) in [6, 6.07) is 7.98. The number of hydrogen-bond donors (Lipinski definition) is 1. The molecule has 0 bridgehead atoms. The zero-order valence-corrected chi connectivity index (χ0v) is 18.2. The first kappa shape index (κ1) is 21.4. The molecule has 2 aromatic rings. The van der Waals surface area contributed by atoms with Crippen molar-refractivity contribution in [1.29, 1.82) is 0 Å². The monoisotopic (exact) mass is 420 g/mol. The number of methoxy groups -OCH3 is 1. The van der Waals surface area contributed by atoms with E-state index in [0.717, 1.165) is 12.2 Å². The van der Waals surface area contributed by atoms with E-state index in [-0.39, 0.29) is 28.2 Å². The Morgan fingerprint density at radius 3 is 2.59 bits per heavy atom. The Hall–Kier alpha value is -2.32. The fourth-order valence-corrected chi connectivity index (χ4v) is 4.76. The second-order valence-electron chi connectivity index (χ2n) is 7.93. The summed E-state index contributed by atoms with van der Waals surface area (Å²) in [6.45, 7) is 5.95. The molecular formula is C21H28N2O5S. The van der Waals surface area contributed by atoms with Gasteiger partial charge in [0.05, 0.1) is 13.7 Å². The molecule has 2 atom stereocenters. The first-order valence-electron chi connectivity index (χ1n) is 9.66. The Bertz CT molecular complexity index is 996. The van der Waals surface area contributed by atoms with Crippen LogP contribution < -0.4 is 9.46 Å². The smallest absolute Gasteiger partial charge is 0.254 e. The van der Waals surface area contributed by atoms with Crippen molar-refractivity contribution in [2.24, 2.45) is 5.92 Å². The molecule has 0 spiro atoms. The summed E-state index contributed by atoms with van der Waals surface area (Å²) >= 11 is 0. The molecule has 1 saturated carbocycles. The van der Waals surface area contributed by atoms with Crippen LogP contribution in [0.1, 0.15) is 55.0 Å². The van der Waals surface area contributed by atoms with E-state index in [1.807, 2.05) is 12.1 Å². The van der Waals surface area contributed by atoms with E-state index in [9.17, 15) is 13.2 Å². The van der Waals surface area contributed by atoms with Crippen LogP contribution in [0, 0.1) is 5.92 Å². The van der Waals surface area contributed by atoms with Gasteiger partial charge in [0.2, 0.25) is 10.0 Å². The molecule has 0 unspecified atom stereocenters. The maximum absolute atomic E-state index is 12.9. The zero-order chi connectivity index (χ0) is 21.3. The summed E-state index contributed by atoms with van der Waals surface area (Å²) in [5, 5.41) is 0. The molecule has 7 nitrogen and oxygen atoms in total. The minimum Gasteiger partial charge on any atom is -0.495 e. The summed E-state index contributed by atoms with van der Waals surface area (Å²) in [5.74, 6) is 2.68. The third-order valence-electron chi connectivity index (χ3n) is 4.99. The van der Waals surface area contributed by atoms with Crippen LogP contribution in [0.3, 0.4) is 0 Å². The molecule has 29 heavy (non-hydrogen) atoms. The molecular weight excluding hydrogens is 392 g/mol. The molecule has 8 heteroatoms. The molecule has 0 radical (unpaired) electrons. The molecule has 0 aliphatic heterocycles. The highest BCUT2D eigenvalue weighted by Crippen LogP contribution is 2.47. The molecule has 1 heterocycles. The summed E-state index contributed by atoms with van der Waals surface area (Å²) in [4.78, 5) is 14.3. The average Bonchev–Trinajstić information content (AvgIpc) is 3.20. The van der Waals surface area contributed by atoms with Crippen LogP contribution >= 0.6 is 0 Å². The molecule has 1 aromatic heterocycles. The van der Waals surface area contributed by atoms with Gasteiger partial charge in [-0.05, 0) is 56.5 Å². The minimum absolute atomic E-state index is 0.0593. The summed E-state index contributed by atoms with van der Waals surface area (Å²) < 4.78 is 38.8. The van der Waals surface area contributed by atoms with E-state index in [0.29, 0.717) is 24.1 Å². The highest BCUT2D eigenvalue weighted by atomic mass is 32.2. The van der Waals surface area contributed by atoms with E-state index in [2.05, 4.69) is 11.6 Å². The zero-order valence-electron chi connectivity index (χ0n) is 17.4. The Morgan fingerprint density at radius 2 is 2.00 bits per heavy atom. The van der Waals surface area contributed by atoms with Crippen molar-refractivity contribution in [3.8, 4) is 5.75 Å². The molecule has 158 valence electrons. The lowest BCUT2D eigenvalue weighted by Gasteiger charge is -2.18. The predicted molar refractivity (Wildman–Crippen MR) is 109 cm³/mol. The third kappa shape index (κ3) is 4.82. The van der Waals surface area contributed by atoms with Crippen LogP contribution in [0.2, 0.25) is 0 Å². The van der Waals surface area contributed by atoms with E-state index in [4.69, 9.17) is 9.15 Å². The summed E-state index contributed by atoms with van der Waals surface area (Å²) in [6.07, 6.45) is 1.13. The number of hydrogen-bond acceptors (Lipinski definition) is 5. The van der Waals surface area contributed by atoms with E-state index >= 15 is 0 Å². The quantitative estimate of drug-likeness (QED) is 0.707. The van der Waals surface area contributed by atoms with Crippen LogP contribution in [0.15, 0.2) is 39.6 Å². The molecule has 1 aromatic carbocycles. The topological polar surface area (TPSA) is 88.8 Å². The lowest BCUT2D eigenvalue weighted by Crippen LogP contribution is -2.31. The van der Waals surface area contributed by atoms with Gasteiger partial charge in [0.15, 0.2) is 0 Å². The number of sulfonamides is 1. The number of nitrogens with one attached hydrogen (secondary N) is 1. The molecule has 1 fully saturated rings. The largest absolute Gasteiger partial charge is 0.495 e. The fraction of sp³-hybridized carbons (Fsp3) is 0.476. The van der Waals surface area contributed by atoms with Crippen molar-refractivity contribution in [1.82, 2.24) is 9.62 Å². The lowest BCUT2D eigenvalue weighted by atomic mass is 10.2. The fourth-order valence-electron chi connectivity index (χ4n) is 3.32. The number of benzene rings is 1. The van der Waals surface area contributed by atoms with E-state index in [1.54, 1.807) is 27.0 Å². The van der Waals surface area contributed by atoms with Crippen molar-refractivity contribution in [2.45, 2.75) is 50.6 Å². The van der Waals surface area contributed by atoms with Crippen LogP contribution in [0.4, 0.5) is 0 Å². The van der Waals surface area contributed by atoms with Gasteiger partial charge in [0.25, 0.3) is 5.91 Å². The number of amides is 1. The van der Waals surface area contributed by atoms with Crippen molar-refractivity contribution in [2.75, 3.05) is 14.2 Å². The number of carbonyl (C=O) groups is 1. The molecule has 0 saturated heterocycles. The Morgan fingerprint density at radius 1 is 1.31 bits per heavy atom. The third-order valence-corrected chi connectivity index (χ3v) is 6.67. The van der Waals surface area contributed by atoms with Gasteiger partial charge in [-0.15, -0.1) is 0 Å². The molecule has 1 amide bonds. The first-order chi connectivity index (χ1) is 13.6. The van der Waals surface area contributed by atoms with Crippen LogP contribution in [-0.4, -0.2) is 39.4 Å². The second kappa shape index (κ2) is 8.20. The van der Waals surface area contributed by atoms with Gasteiger partial charge in [0, 0.05) is 24.6 Å². The highest BCUT2D eigenvalue weighted by Gasteiger charge is 2.36. The van der Waals surface area contributed by atoms with Gasteiger partial charge in [-0.1, -0.05) is 6.92 Å². The predicted octanol–water partition coefficient (Wildman–Crippen LogP) is 3.37. The van der Waals surface area contributed by atoms with Crippen molar-refractivity contribution in [3.05, 3.63) is 47.4 Å². The molecule has 1 N–H and O–H groups in total. The maximum atomic E-state index is 12.9. The summed E-state index contributed by atoms with van der Waals surface area (Å²) in [5.41, 5.74) is 0.264. The second-order valence-corrected chi connectivity index (χ2v) is 9.61. The van der Waals surface area contributed by atoms with Gasteiger partial charge in [-0.25, -0.2) is 13.1 Å². The van der Waals surface area contributed by atoms with Crippen LogP contribution in [0.5, 0.6) is 5.75 Å². The first-order valence-corrected chi connectivity index (χ1v) is 11.1. The minimum atomic E-state index is -3.81. The van der Waals surface area contributed by atoms with Crippen molar-refractivity contribution in [3.63, 3.8) is 0 Å². The Kier molecular flexibility index (Phi) is 6.05. The maximum Gasteiger partial charge on any atom is 0.254 e. The molecule has 1 aliphatic rings. The average molecular weight is 421 g/mol. The van der Waals surface area contributed by atoms with Crippen LogP contribution in [-0.2, 0) is 16.6 Å². The van der Waals surface area contributed by atoms with Gasteiger partial charge < -0.3 is 14.1 Å². The van der Waals surface area contributed by atoms with Crippen LogP contribution in [0.25, 0.3) is 0 Å². The molecule has 1 aliphatic carbocycles. The van der Waals surface area contributed by atoms with Crippen molar-refractivity contribution < 1.29 is 22.4 Å². The standard InChI is InChI=1S/C21H28N2O5S/c1-13(2)22-29(25,26)20-11-15(6-8-19(20)27-5)21(24)23(4)12-16-7-9-18(28-16)17-10-14(17)3/h6-9,11,13-14,17,22H,10,12H2,1-5H3/t14-,17-/m1/s1.